The Morgan fingerprint density at radius 2 is 1.84 bits per heavy atom. The summed E-state index contributed by atoms with van der Waals surface area (Å²) in [6.07, 6.45) is -0.459. The van der Waals surface area contributed by atoms with E-state index >= 15 is 0 Å². The van der Waals surface area contributed by atoms with Gasteiger partial charge in [-0.1, -0.05) is 19.1 Å². The number of nitrogens with zero attached hydrogens (tertiary/aromatic N) is 3. The van der Waals surface area contributed by atoms with E-state index in [2.05, 4.69) is 9.71 Å². The largest absolute Gasteiger partial charge is 0.462 e. The Labute approximate surface area is 219 Å². The summed E-state index contributed by atoms with van der Waals surface area (Å²) in [6.45, 7) is 6.25. The number of para-hydroxylation sites is 1. The molecular weight excluding hydrogens is 516 g/mol. The fraction of sp³-hybridized carbons (Fsp3) is 0.360. The number of aromatic nitrogens is 2. The van der Waals surface area contributed by atoms with E-state index in [4.69, 9.17) is 9.47 Å². The van der Waals surface area contributed by atoms with E-state index < -0.39 is 34.3 Å². The number of carbonyl (C=O) groups is 2. The zero-order chi connectivity index (χ0) is 28.2. The molecule has 204 valence electrons. The van der Waals surface area contributed by atoms with Gasteiger partial charge in [-0.3, -0.25) is 14.6 Å². The Morgan fingerprint density at radius 1 is 1.16 bits per heavy atom. The molecule has 0 bridgehead atoms. The highest BCUT2D eigenvalue weighted by Crippen LogP contribution is 2.26. The average Bonchev–Trinajstić information content (AvgIpc) is 2.89. The number of fused-ring (bicyclic) bond motifs is 1. The van der Waals surface area contributed by atoms with Crippen LogP contribution in [0.4, 0.5) is 4.79 Å². The highest BCUT2D eigenvalue weighted by Gasteiger charge is 2.25. The number of hydrogen-bond acceptors (Lipinski definition) is 9. The molecule has 1 heterocycles. The summed E-state index contributed by atoms with van der Waals surface area (Å²) in [7, 11) is -2.79. The van der Waals surface area contributed by atoms with Crippen molar-refractivity contribution < 1.29 is 32.7 Å². The lowest BCUT2D eigenvalue weighted by Crippen LogP contribution is -2.31. The highest BCUT2D eigenvalue weighted by molar-refractivity contribution is 7.89. The molecule has 13 heteroatoms. The summed E-state index contributed by atoms with van der Waals surface area (Å²) in [6, 6.07) is 7.31. The van der Waals surface area contributed by atoms with E-state index in [0.717, 1.165) is 4.57 Å². The monoisotopic (exact) mass is 546 g/mol. The second kappa shape index (κ2) is 11.7. The lowest BCUT2D eigenvalue weighted by Gasteiger charge is -2.19. The molecule has 3 rings (SSSR count). The van der Waals surface area contributed by atoms with Crippen molar-refractivity contribution in [2.75, 3.05) is 20.2 Å². The van der Waals surface area contributed by atoms with Crippen LogP contribution in [-0.2, 0) is 26.1 Å². The second-order valence-corrected chi connectivity index (χ2v) is 10.2. The number of benzene rings is 2. The smallest absolute Gasteiger partial charge is 0.434 e. The summed E-state index contributed by atoms with van der Waals surface area (Å²) in [5, 5.41) is 10.1. The van der Waals surface area contributed by atoms with Crippen molar-refractivity contribution in [1.29, 1.82) is 0 Å². The van der Waals surface area contributed by atoms with Gasteiger partial charge in [-0.05, 0) is 63.6 Å². The van der Waals surface area contributed by atoms with Gasteiger partial charge < -0.3 is 9.47 Å². The van der Waals surface area contributed by atoms with Crippen LogP contribution < -0.4 is 10.3 Å². The molecule has 0 aliphatic rings. The number of hydroxylamine groups is 2. The molecule has 1 amide bonds. The third-order valence-corrected chi connectivity index (χ3v) is 7.28. The van der Waals surface area contributed by atoms with Gasteiger partial charge in [0.05, 0.1) is 28.8 Å². The second-order valence-electron chi connectivity index (χ2n) is 8.34. The number of aryl methyl sites for hydroxylation is 2. The number of nitrogens with one attached hydrogen (secondary N) is 1. The summed E-state index contributed by atoms with van der Waals surface area (Å²) in [5.41, 5.74) is 0.541. The zero-order valence-electron chi connectivity index (χ0n) is 21.8. The van der Waals surface area contributed by atoms with Gasteiger partial charge in [0.15, 0.2) is 12.4 Å². The number of ether oxygens (including phenoxy) is 2. The number of amides is 1. The summed E-state index contributed by atoms with van der Waals surface area (Å²) in [5.74, 6) is -0.687. The fourth-order valence-corrected chi connectivity index (χ4v) is 4.89. The molecule has 1 aromatic heterocycles. The predicted molar refractivity (Wildman–Crippen MR) is 138 cm³/mol. The van der Waals surface area contributed by atoms with E-state index in [-0.39, 0.29) is 46.0 Å². The van der Waals surface area contributed by atoms with Crippen LogP contribution in [0.15, 0.2) is 40.0 Å². The van der Waals surface area contributed by atoms with Gasteiger partial charge in [0.1, 0.15) is 4.90 Å². The fourth-order valence-electron chi connectivity index (χ4n) is 3.97. The molecule has 12 nitrogen and oxygen atoms in total. The van der Waals surface area contributed by atoms with Crippen LogP contribution in [0.1, 0.15) is 47.6 Å². The van der Waals surface area contributed by atoms with Crippen LogP contribution in [-0.4, -0.2) is 60.5 Å². The zero-order valence-corrected chi connectivity index (χ0v) is 22.6. The molecule has 0 aliphatic carbocycles. The van der Waals surface area contributed by atoms with Crippen molar-refractivity contribution in [1.82, 2.24) is 19.3 Å². The molecule has 2 aromatic carbocycles. The van der Waals surface area contributed by atoms with Crippen LogP contribution in [0.2, 0.25) is 0 Å². The first-order chi connectivity index (χ1) is 18.0. The van der Waals surface area contributed by atoms with Crippen molar-refractivity contribution in [3.05, 3.63) is 63.2 Å². The molecule has 3 aromatic rings. The number of sulfonamides is 1. The number of hydrogen-bond donors (Lipinski definition) is 2. The first-order valence-electron chi connectivity index (χ1n) is 11.9. The normalized spacial score (nSPS) is 11.4. The highest BCUT2D eigenvalue weighted by atomic mass is 32.2. The minimum atomic E-state index is -4.03. The van der Waals surface area contributed by atoms with Gasteiger partial charge in [0, 0.05) is 6.54 Å². The molecule has 38 heavy (non-hydrogen) atoms. The molecule has 0 spiro atoms. The number of carbonyl (C=O) groups excluding carboxylic acids is 2. The van der Waals surface area contributed by atoms with Crippen LogP contribution in [0.25, 0.3) is 16.6 Å². The number of esters is 1. The van der Waals surface area contributed by atoms with Gasteiger partial charge in [0.25, 0.3) is 5.56 Å². The standard InChI is InChI=1S/C25H30N4O8S/c1-6-12-36-24(31)21-15(3)13-17-22(16(21)4)23(30)29(20(27-17)14-37-25(32)28(33)7-2)18-10-8-9-11-19(18)38(34,35)26-5/h8-11,13,26,33H,6-7,12,14H2,1-5H3. The molecule has 0 atom stereocenters. The van der Waals surface area contributed by atoms with Gasteiger partial charge in [0.2, 0.25) is 10.0 Å². The molecule has 0 aliphatic heterocycles. The van der Waals surface area contributed by atoms with E-state index in [1.165, 1.54) is 32.2 Å². The SMILES string of the molecule is CCCOC(=O)c1c(C)cc2nc(COC(=O)N(O)CC)n(-c3ccccc3S(=O)(=O)NC)c(=O)c2c1C. The Bertz CT molecular complexity index is 1550. The maximum atomic E-state index is 14.0. The van der Waals surface area contributed by atoms with E-state index in [1.807, 2.05) is 6.92 Å². The maximum absolute atomic E-state index is 14.0. The van der Waals surface area contributed by atoms with Crippen LogP contribution in [0, 0.1) is 13.8 Å². The Balaban J connectivity index is 2.38. The molecule has 0 fully saturated rings. The lowest BCUT2D eigenvalue weighted by molar-refractivity contribution is -0.0726. The third kappa shape index (κ3) is 5.54. The molecule has 0 unspecified atom stereocenters. The molecule has 0 radical (unpaired) electrons. The van der Waals surface area contributed by atoms with Gasteiger partial charge in [-0.2, -0.15) is 5.06 Å². The molecule has 0 saturated heterocycles. The quantitative estimate of drug-likeness (QED) is 0.234. The number of rotatable bonds is 9. The van der Waals surface area contributed by atoms with Gasteiger partial charge in [-0.25, -0.2) is 27.7 Å². The predicted octanol–water partition coefficient (Wildman–Crippen LogP) is 2.83. The van der Waals surface area contributed by atoms with Crippen LogP contribution in [0.5, 0.6) is 0 Å². The Morgan fingerprint density at radius 3 is 2.47 bits per heavy atom. The van der Waals surface area contributed by atoms with Crippen LogP contribution in [0.3, 0.4) is 0 Å². The Kier molecular flexibility index (Phi) is 8.86. The van der Waals surface area contributed by atoms with Crippen molar-refractivity contribution >= 4 is 33.0 Å². The summed E-state index contributed by atoms with van der Waals surface area (Å²) in [4.78, 5) is 43.2. The maximum Gasteiger partial charge on any atom is 0.434 e. The van der Waals surface area contributed by atoms with E-state index in [0.29, 0.717) is 22.6 Å². The minimum absolute atomic E-state index is 0.0428. The first kappa shape index (κ1) is 28.8. The van der Waals surface area contributed by atoms with Gasteiger partial charge in [-0.15, -0.1) is 0 Å². The average molecular weight is 547 g/mol. The molecule has 0 saturated carbocycles. The van der Waals surface area contributed by atoms with E-state index in [9.17, 15) is 28.0 Å². The van der Waals surface area contributed by atoms with Crippen molar-refractivity contribution in [2.24, 2.45) is 0 Å². The van der Waals surface area contributed by atoms with Gasteiger partial charge >= 0.3 is 12.1 Å². The van der Waals surface area contributed by atoms with E-state index in [1.54, 1.807) is 26.0 Å². The molecular formula is C25H30N4O8S. The van der Waals surface area contributed by atoms with Crippen molar-refractivity contribution in [3.63, 3.8) is 0 Å². The minimum Gasteiger partial charge on any atom is -0.462 e. The molecule has 2 N–H and O–H groups in total. The third-order valence-electron chi connectivity index (χ3n) is 5.82. The lowest BCUT2D eigenvalue weighted by atomic mass is 9.98. The first-order valence-corrected chi connectivity index (χ1v) is 13.4. The Hall–Kier alpha value is -3.81. The topological polar surface area (TPSA) is 157 Å². The van der Waals surface area contributed by atoms with Crippen LogP contribution >= 0.6 is 0 Å². The van der Waals surface area contributed by atoms with Crippen molar-refractivity contribution in [3.8, 4) is 5.69 Å². The van der Waals surface area contributed by atoms with Crippen molar-refractivity contribution in [2.45, 2.75) is 45.6 Å². The summed E-state index contributed by atoms with van der Waals surface area (Å²) < 4.78 is 39.3. The summed E-state index contributed by atoms with van der Waals surface area (Å²) >= 11 is 0.